The molecule has 3 aliphatic rings. The summed E-state index contributed by atoms with van der Waals surface area (Å²) in [5.74, 6) is -0.652. The monoisotopic (exact) mass is 987 g/mol. The summed E-state index contributed by atoms with van der Waals surface area (Å²) in [5, 5.41) is -0.0252. The highest BCUT2D eigenvalue weighted by Gasteiger charge is 2.71. The fourth-order valence-electron chi connectivity index (χ4n) is 9.88. The first-order chi connectivity index (χ1) is 31.0. The van der Waals surface area contributed by atoms with Crippen LogP contribution in [0.3, 0.4) is 0 Å². The van der Waals surface area contributed by atoms with Crippen LogP contribution in [0.25, 0.3) is 0 Å². The van der Waals surface area contributed by atoms with Crippen molar-refractivity contribution in [3.8, 4) is 0 Å². The molecule has 0 aromatic carbocycles. The normalized spacial score (nSPS) is 29.0. The van der Waals surface area contributed by atoms with E-state index in [4.69, 9.17) is 25.9 Å². The SMILES string of the molecule is [2H]C([2H])([2H])C(CCC[C@H](C/C=C/C(O[Si](C)(C)C)(C(F)(F)F)C(F)(F)F)[C@H]1CC[C@H]2/C(=C/C=C3/C[C@@H](O[Si](C)(C)C(C)(C)C)C[C@H](O[Si](C)(C)C(C)(C)C)C3=C)CCC[C@]12C)(O[Si](C)(C)C)C([2H])([2H])[2H]. The van der Waals surface area contributed by atoms with Gasteiger partial charge >= 0.3 is 12.4 Å². The quantitative estimate of drug-likeness (QED) is 0.0827. The van der Waals surface area contributed by atoms with Gasteiger partial charge in [0.2, 0.25) is 0 Å². The topological polar surface area (TPSA) is 36.9 Å². The molecule has 0 aromatic rings. The zero-order valence-corrected chi connectivity index (χ0v) is 46.6. The average Bonchev–Trinajstić information content (AvgIpc) is 3.47. The molecule has 0 heterocycles. The first-order valence-electron chi connectivity index (χ1n) is 26.6. The van der Waals surface area contributed by atoms with Crippen molar-refractivity contribution in [2.75, 3.05) is 0 Å². The Labute approximate surface area is 399 Å². The van der Waals surface area contributed by atoms with Gasteiger partial charge in [0.05, 0.1) is 17.8 Å². The number of hydrogen-bond acceptors (Lipinski definition) is 4. The lowest BCUT2D eigenvalue weighted by atomic mass is 9.60. The number of alkyl halides is 6. The van der Waals surface area contributed by atoms with E-state index in [-0.39, 0.29) is 59.5 Å². The second-order valence-electron chi connectivity index (χ2n) is 24.6. The molecule has 6 atom stereocenters. The van der Waals surface area contributed by atoms with Crippen LogP contribution in [0, 0.1) is 23.2 Å². The minimum Gasteiger partial charge on any atom is -0.413 e. The smallest absolute Gasteiger partial charge is 0.413 e. The first kappa shape index (κ1) is 48.3. The molecule has 3 rings (SSSR count). The van der Waals surface area contributed by atoms with Crippen LogP contribution in [0.2, 0.25) is 75.5 Å². The molecule has 3 fully saturated rings. The van der Waals surface area contributed by atoms with Crippen LogP contribution in [-0.4, -0.2) is 69.0 Å². The maximum Gasteiger partial charge on any atom is 0.429 e. The predicted molar refractivity (Wildman–Crippen MR) is 266 cm³/mol. The number of fused-ring (bicyclic) bond motifs is 1. The van der Waals surface area contributed by atoms with Crippen LogP contribution >= 0.6 is 0 Å². The fraction of sp³-hybridized carbons (Fsp3) is 0.840. The molecule has 4 nitrogen and oxygen atoms in total. The highest BCUT2D eigenvalue weighted by Crippen LogP contribution is 2.61. The van der Waals surface area contributed by atoms with Gasteiger partial charge in [0.15, 0.2) is 33.3 Å². The first-order valence-corrected chi connectivity index (χ1v) is 36.3. The summed E-state index contributed by atoms with van der Waals surface area (Å²) in [6.07, 6.45) is -1.67. The van der Waals surface area contributed by atoms with Crippen molar-refractivity contribution in [1.29, 1.82) is 0 Å². The van der Waals surface area contributed by atoms with Gasteiger partial charge in [-0.2, -0.15) is 26.3 Å². The van der Waals surface area contributed by atoms with Gasteiger partial charge in [-0.25, -0.2) is 0 Å². The van der Waals surface area contributed by atoms with E-state index in [1.54, 1.807) is 19.6 Å². The van der Waals surface area contributed by atoms with E-state index in [0.717, 1.165) is 42.9 Å². The lowest BCUT2D eigenvalue weighted by molar-refractivity contribution is -0.340. The standard InChI is InChI=1S/C50H90F6O4Si4/c1-36-39(34-40(57-63(17,18)44(2,3)4)35-43(36)58-64(19,20)45(5,6)7)28-27-38-25-22-32-47(10)41(29-30-42(38)47)37(24-21-31-46(8,9)59-61(11,12)13)26-23-33-48(49(51,52)53,50(54,55)56)60-62(14,15)16/h23,27-28,33,37,40-43H,1,21-22,24-26,29-32,34-35H2,2-20H3/b33-23+,38-27+,39-28-/t37-,40-,41-,42+,43+,47-/m1/s1/i8D3,9D3. The summed E-state index contributed by atoms with van der Waals surface area (Å²) in [6.45, 7) is 32.0. The molecule has 14 heteroatoms. The molecular formula is C50H90F6O4Si4. The number of rotatable bonds is 17. The van der Waals surface area contributed by atoms with Crippen LogP contribution in [-0.2, 0) is 17.7 Å². The highest BCUT2D eigenvalue weighted by molar-refractivity contribution is 6.74. The third-order valence-corrected chi connectivity index (χ3v) is 25.9. The Morgan fingerprint density at radius 1 is 0.797 bits per heavy atom. The number of hydrogen-bond donors (Lipinski definition) is 0. The highest BCUT2D eigenvalue weighted by atomic mass is 28.4. The van der Waals surface area contributed by atoms with Crippen molar-refractivity contribution < 1.29 is 52.3 Å². The largest absolute Gasteiger partial charge is 0.429 e. The molecule has 0 aliphatic heterocycles. The molecular weight excluding hydrogens is 891 g/mol. The molecule has 372 valence electrons. The van der Waals surface area contributed by atoms with E-state index in [2.05, 4.69) is 93.4 Å². The molecule has 0 spiro atoms. The van der Waals surface area contributed by atoms with Gasteiger partial charge in [0.1, 0.15) is 0 Å². The summed E-state index contributed by atoms with van der Waals surface area (Å²) in [6, 6.07) is 0. The lowest BCUT2D eigenvalue weighted by Gasteiger charge is -2.46. The summed E-state index contributed by atoms with van der Waals surface area (Å²) in [7, 11) is -10.7. The van der Waals surface area contributed by atoms with Crippen molar-refractivity contribution >= 4 is 33.3 Å². The van der Waals surface area contributed by atoms with Crippen molar-refractivity contribution in [3.05, 3.63) is 47.6 Å². The molecule has 0 bridgehead atoms. The van der Waals surface area contributed by atoms with Crippen LogP contribution in [0.1, 0.15) is 141 Å². The molecule has 0 saturated heterocycles. The fourth-order valence-corrected chi connectivity index (χ4v) is 15.0. The third kappa shape index (κ3) is 14.4. The molecule has 0 unspecified atom stereocenters. The second kappa shape index (κ2) is 19.9. The van der Waals surface area contributed by atoms with Gasteiger partial charge in [-0.05, 0) is 187 Å². The Balaban J connectivity index is 2.16. The number of allylic oxidation sites excluding steroid dienone is 4. The summed E-state index contributed by atoms with van der Waals surface area (Å²) >= 11 is 0. The molecule has 0 N–H and O–H groups in total. The van der Waals surface area contributed by atoms with E-state index < -0.39 is 88.3 Å². The molecule has 0 radical (unpaired) electrons. The van der Waals surface area contributed by atoms with Crippen LogP contribution < -0.4 is 0 Å². The van der Waals surface area contributed by atoms with Crippen LogP contribution in [0.4, 0.5) is 26.3 Å². The van der Waals surface area contributed by atoms with Crippen molar-refractivity contribution in [2.45, 2.75) is 244 Å². The number of halogens is 6. The van der Waals surface area contributed by atoms with Crippen LogP contribution in [0.5, 0.6) is 0 Å². The molecule has 0 amide bonds. The van der Waals surface area contributed by atoms with Gasteiger partial charge in [0.25, 0.3) is 5.60 Å². The van der Waals surface area contributed by atoms with E-state index in [9.17, 15) is 26.3 Å². The zero-order chi connectivity index (χ0) is 54.6. The van der Waals surface area contributed by atoms with E-state index >= 15 is 0 Å². The van der Waals surface area contributed by atoms with Crippen molar-refractivity contribution in [3.63, 3.8) is 0 Å². The Bertz CT molecular complexity index is 1870. The Hall–Kier alpha value is -0.752. The van der Waals surface area contributed by atoms with Crippen molar-refractivity contribution in [1.82, 2.24) is 0 Å². The minimum atomic E-state index is -5.82. The van der Waals surface area contributed by atoms with Gasteiger partial charge in [-0.1, -0.05) is 85.3 Å². The van der Waals surface area contributed by atoms with Crippen molar-refractivity contribution in [2.24, 2.45) is 23.2 Å². The maximum atomic E-state index is 14.7. The molecule has 0 aromatic heterocycles. The maximum absolute atomic E-state index is 14.7. The lowest BCUT2D eigenvalue weighted by Crippen LogP contribution is -2.61. The zero-order valence-electron chi connectivity index (χ0n) is 48.6. The van der Waals surface area contributed by atoms with Crippen LogP contribution in [0.15, 0.2) is 47.6 Å². The van der Waals surface area contributed by atoms with Gasteiger partial charge in [-0.3, -0.25) is 0 Å². The predicted octanol–water partition coefficient (Wildman–Crippen LogP) is 17.3. The van der Waals surface area contributed by atoms with E-state index in [1.165, 1.54) is 25.2 Å². The summed E-state index contributed by atoms with van der Waals surface area (Å²) in [4.78, 5) is 0. The van der Waals surface area contributed by atoms with E-state index in [0.29, 0.717) is 19.3 Å². The van der Waals surface area contributed by atoms with E-state index in [1.807, 2.05) is 0 Å². The average molecular weight is 988 g/mol. The Kier molecular flexibility index (Phi) is 15.0. The molecule has 3 saturated carbocycles. The third-order valence-electron chi connectivity index (χ3n) is 15.0. The van der Waals surface area contributed by atoms with Gasteiger partial charge < -0.3 is 17.7 Å². The van der Waals surface area contributed by atoms with Gasteiger partial charge in [-0.15, -0.1) is 0 Å². The Morgan fingerprint density at radius 2 is 1.34 bits per heavy atom. The summed E-state index contributed by atoms with van der Waals surface area (Å²) < 4.78 is 164. The molecule has 64 heavy (non-hydrogen) atoms. The summed E-state index contributed by atoms with van der Waals surface area (Å²) in [5.41, 5.74) is -4.21. The molecule has 3 aliphatic carbocycles. The van der Waals surface area contributed by atoms with Gasteiger partial charge in [0, 0.05) is 14.6 Å². The Morgan fingerprint density at radius 3 is 1.84 bits per heavy atom. The minimum absolute atomic E-state index is 0.000343. The second-order valence-corrected chi connectivity index (χ2v) is 43.0.